The fourth-order valence-electron chi connectivity index (χ4n) is 3.05. The van der Waals surface area contributed by atoms with Gasteiger partial charge in [0.1, 0.15) is 5.82 Å². The van der Waals surface area contributed by atoms with E-state index in [9.17, 15) is 4.39 Å². The monoisotopic (exact) mass is 544 g/mol. The minimum atomic E-state index is -0.193. The quantitative estimate of drug-likeness (QED) is 0.172. The summed E-state index contributed by atoms with van der Waals surface area (Å²) in [6, 6.07) is 15.3. The molecule has 1 heterocycles. The van der Waals surface area contributed by atoms with E-state index in [1.807, 2.05) is 12.1 Å². The van der Waals surface area contributed by atoms with Crippen LogP contribution >= 0.6 is 35.7 Å². The summed E-state index contributed by atoms with van der Waals surface area (Å²) in [5, 5.41) is 6.70. The molecule has 0 aromatic heterocycles. The fourth-order valence-corrected chi connectivity index (χ4v) is 3.91. The van der Waals surface area contributed by atoms with Crippen LogP contribution in [-0.2, 0) is 11.3 Å². The van der Waals surface area contributed by atoms with Crippen molar-refractivity contribution in [3.63, 3.8) is 0 Å². The lowest BCUT2D eigenvalue weighted by molar-refractivity contribution is 0.122. The Bertz CT molecular complexity index is 768. The van der Waals surface area contributed by atoms with Crippen LogP contribution in [0.5, 0.6) is 0 Å². The molecular weight excluding hydrogens is 514 g/mol. The maximum atomic E-state index is 12.9. The second kappa shape index (κ2) is 13.7. The van der Waals surface area contributed by atoms with E-state index in [-0.39, 0.29) is 29.8 Å². The van der Waals surface area contributed by atoms with Crippen molar-refractivity contribution in [3.8, 4) is 0 Å². The maximum Gasteiger partial charge on any atom is 0.191 e. The fraction of sp³-hybridized carbons (Fsp3) is 0.409. The molecule has 30 heavy (non-hydrogen) atoms. The van der Waals surface area contributed by atoms with Gasteiger partial charge in [0.15, 0.2) is 5.96 Å². The lowest BCUT2D eigenvalue weighted by atomic mass is 10.2. The summed E-state index contributed by atoms with van der Waals surface area (Å²) in [7, 11) is 1.78. The first-order chi connectivity index (χ1) is 14.2. The molecule has 1 aliphatic rings. The van der Waals surface area contributed by atoms with Gasteiger partial charge in [0, 0.05) is 43.8 Å². The van der Waals surface area contributed by atoms with Crippen molar-refractivity contribution in [1.82, 2.24) is 10.6 Å². The number of rotatable bonds is 8. The summed E-state index contributed by atoms with van der Waals surface area (Å²) in [4.78, 5) is 7.73. The SMILES string of the molecule is CN=C(NCCCSc1ccc(F)cc1)NCc1ccc(N2CCOCC2)cc1.I. The van der Waals surface area contributed by atoms with Gasteiger partial charge in [0.2, 0.25) is 0 Å². The van der Waals surface area contributed by atoms with Crippen molar-refractivity contribution in [2.75, 3.05) is 50.5 Å². The number of aliphatic imine (C=N–C) groups is 1. The van der Waals surface area contributed by atoms with E-state index in [1.54, 1.807) is 18.8 Å². The van der Waals surface area contributed by atoms with Crippen LogP contribution in [0, 0.1) is 5.82 Å². The summed E-state index contributed by atoms with van der Waals surface area (Å²) in [6.07, 6.45) is 0.997. The Labute approximate surface area is 199 Å². The molecule has 0 spiro atoms. The standard InChI is InChI=1S/C22H29FN4OS.HI/c1-24-22(25-11-2-16-29-21-9-5-19(23)6-10-21)26-17-18-3-7-20(8-4-18)27-12-14-28-15-13-27;/h3-10H,2,11-17H2,1H3,(H2,24,25,26);1H. The second-order valence-corrected chi connectivity index (χ2v) is 7.94. The molecule has 0 bridgehead atoms. The zero-order valence-corrected chi connectivity index (χ0v) is 20.4. The van der Waals surface area contributed by atoms with Gasteiger partial charge >= 0.3 is 0 Å². The first-order valence-corrected chi connectivity index (χ1v) is 11.0. The molecule has 1 fully saturated rings. The van der Waals surface area contributed by atoms with Gasteiger partial charge in [-0.25, -0.2) is 4.39 Å². The molecule has 1 saturated heterocycles. The van der Waals surface area contributed by atoms with E-state index in [0.717, 1.165) is 62.4 Å². The molecule has 0 saturated carbocycles. The van der Waals surface area contributed by atoms with Crippen LogP contribution in [0.15, 0.2) is 58.4 Å². The van der Waals surface area contributed by atoms with Crippen LogP contribution in [0.1, 0.15) is 12.0 Å². The van der Waals surface area contributed by atoms with E-state index in [1.165, 1.54) is 23.4 Å². The number of nitrogens with zero attached hydrogens (tertiary/aromatic N) is 2. The lowest BCUT2D eigenvalue weighted by Crippen LogP contribution is -2.37. The molecule has 164 valence electrons. The number of ether oxygens (including phenoxy) is 1. The first kappa shape index (κ1) is 24.7. The van der Waals surface area contributed by atoms with Crippen LogP contribution in [0.4, 0.5) is 10.1 Å². The number of thioether (sulfide) groups is 1. The Kier molecular flexibility index (Phi) is 11.3. The normalized spacial score (nSPS) is 14.2. The van der Waals surface area contributed by atoms with Crippen LogP contribution in [0.3, 0.4) is 0 Å². The zero-order valence-electron chi connectivity index (χ0n) is 17.3. The smallest absolute Gasteiger partial charge is 0.191 e. The third-order valence-corrected chi connectivity index (χ3v) is 5.79. The van der Waals surface area contributed by atoms with E-state index >= 15 is 0 Å². The van der Waals surface area contributed by atoms with Gasteiger partial charge in [-0.15, -0.1) is 35.7 Å². The summed E-state index contributed by atoms with van der Waals surface area (Å²) in [6.45, 7) is 5.07. The predicted molar refractivity (Wildman–Crippen MR) is 135 cm³/mol. The van der Waals surface area contributed by atoms with Crippen LogP contribution in [-0.4, -0.2) is 51.6 Å². The predicted octanol–water partition coefficient (Wildman–Crippen LogP) is 4.13. The van der Waals surface area contributed by atoms with Crippen molar-refractivity contribution in [2.24, 2.45) is 4.99 Å². The third-order valence-electron chi connectivity index (χ3n) is 4.69. The summed E-state index contributed by atoms with van der Waals surface area (Å²) in [5.41, 5.74) is 2.47. The third kappa shape index (κ3) is 8.31. The van der Waals surface area contributed by atoms with Crippen molar-refractivity contribution in [3.05, 3.63) is 59.9 Å². The van der Waals surface area contributed by atoms with Crippen molar-refractivity contribution in [1.29, 1.82) is 0 Å². The molecule has 0 atom stereocenters. The number of morpholine rings is 1. The molecule has 8 heteroatoms. The number of benzene rings is 2. The van der Waals surface area contributed by atoms with Gasteiger partial charge in [0.05, 0.1) is 13.2 Å². The summed E-state index contributed by atoms with van der Waals surface area (Å²) in [5.74, 6) is 1.58. The average molecular weight is 544 g/mol. The molecule has 1 aliphatic heterocycles. The highest BCUT2D eigenvalue weighted by Gasteiger charge is 2.10. The highest BCUT2D eigenvalue weighted by Crippen LogP contribution is 2.18. The minimum absolute atomic E-state index is 0. The number of guanidine groups is 1. The number of hydrogen-bond donors (Lipinski definition) is 2. The van der Waals surface area contributed by atoms with Crippen LogP contribution in [0.25, 0.3) is 0 Å². The van der Waals surface area contributed by atoms with Crippen LogP contribution < -0.4 is 15.5 Å². The molecule has 3 rings (SSSR count). The number of anilines is 1. The Morgan fingerprint density at radius 3 is 2.43 bits per heavy atom. The highest BCUT2D eigenvalue weighted by atomic mass is 127. The summed E-state index contributed by atoms with van der Waals surface area (Å²) >= 11 is 1.73. The van der Waals surface area contributed by atoms with E-state index in [2.05, 4.69) is 44.8 Å². The first-order valence-electron chi connectivity index (χ1n) is 9.99. The van der Waals surface area contributed by atoms with E-state index < -0.39 is 0 Å². The Morgan fingerprint density at radius 1 is 1.07 bits per heavy atom. The Balaban J connectivity index is 0.00000320. The number of nitrogens with one attached hydrogen (secondary N) is 2. The maximum absolute atomic E-state index is 12.9. The molecule has 2 N–H and O–H groups in total. The number of halogens is 2. The molecular formula is C22H30FIN4OS. The van der Waals surface area contributed by atoms with Gasteiger partial charge in [-0.05, 0) is 54.1 Å². The van der Waals surface area contributed by atoms with Crippen molar-refractivity contribution >= 4 is 47.4 Å². The number of hydrogen-bond acceptors (Lipinski definition) is 4. The van der Waals surface area contributed by atoms with Crippen LogP contribution in [0.2, 0.25) is 0 Å². The largest absolute Gasteiger partial charge is 0.378 e. The molecule has 5 nitrogen and oxygen atoms in total. The molecule has 0 radical (unpaired) electrons. The van der Waals surface area contributed by atoms with Crippen molar-refractivity contribution < 1.29 is 9.13 Å². The zero-order chi connectivity index (χ0) is 20.3. The van der Waals surface area contributed by atoms with Crippen molar-refractivity contribution in [2.45, 2.75) is 17.9 Å². The molecule has 2 aromatic carbocycles. The van der Waals surface area contributed by atoms with Gasteiger partial charge in [-0.3, -0.25) is 4.99 Å². The molecule has 0 amide bonds. The van der Waals surface area contributed by atoms with Gasteiger partial charge in [-0.2, -0.15) is 0 Å². The topological polar surface area (TPSA) is 48.9 Å². The summed E-state index contributed by atoms with van der Waals surface area (Å²) < 4.78 is 18.3. The van der Waals surface area contributed by atoms with E-state index in [0.29, 0.717) is 0 Å². The average Bonchev–Trinajstić information content (AvgIpc) is 2.78. The minimum Gasteiger partial charge on any atom is -0.378 e. The lowest BCUT2D eigenvalue weighted by Gasteiger charge is -2.28. The van der Waals surface area contributed by atoms with Gasteiger partial charge in [-0.1, -0.05) is 12.1 Å². The second-order valence-electron chi connectivity index (χ2n) is 6.77. The Morgan fingerprint density at radius 2 is 1.77 bits per heavy atom. The highest BCUT2D eigenvalue weighted by molar-refractivity contribution is 14.0. The van der Waals surface area contributed by atoms with E-state index in [4.69, 9.17) is 4.74 Å². The van der Waals surface area contributed by atoms with Gasteiger partial charge in [0.25, 0.3) is 0 Å². The van der Waals surface area contributed by atoms with Gasteiger partial charge < -0.3 is 20.3 Å². The molecule has 2 aromatic rings. The molecule has 0 unspecified atom stereocenters. The Hall–Kier alpha value is -1.52. The molecule has 0 aliphatic carbocycles.